The van der Waals surface area contributed by atoms with Gasteiger partial charge in [-0.1, -0.05) is 0 Å². The van der Waals surface area contributed by atoms with E-state index >= 15 is 0 Å². The van der Waals surface area contributed by atoms with E-state index in [9.17, 15) is 13.2 Å². The molecule has 1 aromatic rings. The van der Waals surface area contributed by atoms with Crippen LogP contribution in [0, 0.1) is 0 Å². The van der Waals surface area contributed by atoms with E-state index in [1.807, 2.05) is 0 Å². The quantitative estimate of drug-likeness (QED) is 0.830. The second-order valence-electron chi connectivity index (χ2n) is 4.19. The van der Waals surface area contributed by atoms with Gasteiger partial charge >= 0.3 is 6.03 Å². The van der Waals surface area contributed by atoms with Crippen molar-refractivity contribution in [3.8, 4) is 0 Å². The molecule has 0 aliphatic carbocycles. The standard InChI is InChI=1S/C11H17N3O4S2/c1-12-20(16,17)10-3-2-9(19-10)8-13-11(15)14-4-6-18-7-5-14/h2-3,12H,4-8H2,1H3,(H,13,15). The Hall–Kier alpha value is -1.16. The van der Waals surface area contributed by atoms with Gasteiger partial charge in [-0.15, -0.1) is 11.3 Å². The fraction of sp³-hybridized carbons (Fsp3) is 0.545. The Balaban J connectivity index is 1.89. The highest BCUT2D eigenvalue weighted by atomic mass is 32.2. The summed E-state index contributed by atoms with van der Waals surface area (Å²) in [6.07, 6.45) is 0. The summed E-state index contributed by atoms with van der Waals surface area (Å²) in [6.45, 7) is 2.58. The summed E-state index contributed by atoms with van der Waals surface area (Å²) >= 11 is 1.14. The first kappa shape index (κ1) is 15.2. The SMILES string of the molecule is CNS(=O)(=O)c1ccc(CNC(=O)N2CCOCC2)s1. The molecule has 9 heteroatoms. The van der Waals surface area contributed by atoms with Crippen LogP contribution >= 0.6 is 11.3 Å². The lowest BCUT2D eigenvalue weighted by atomic mass is 10.4. The van der Waals surface area contributed by atoms with Crippen LogP contribution in [0.1, 0.15) is 4.88 Å². The van der Waals surface area contributed by atoms with Crippen LogP contribution in [-0.2, 0) is 21.3 Å². The Morgan fingerprint density at radius 2 is 2.10 bits per heavy atom. The van der Waals surface area contributed by atoms with Crippen molar-refractivity contribution < 1.29 is 17.9 Å². The lowest BCUT2D eigenvalue weighted by Crippen LogP contribution is -2.45. The van der Waals surface area contributed by atoms with Gasteiger partial charge in [-0.25, -0.2) is 17.9 Å². The molecule has 1 aromatic heterocycles. The van der Waals surface area contributed by atoms with Gasteiger partial charge in [0.05, 0.1) is 19.8 Å². The van der Waals surface area contributed by atoms with Crippen molar-refractivity contribution in [2.24, 2.45) is 0 Å². The summed E-state index contributed by atoms with van der Waals surface area (Å²) in [7, 11) is -2.04. The van der Waals surface area contributed by atoms with E-state index in [0.717, 1.165) is 16.2 Å². The van der Waals surface area contributed by atoms with Crippen LogP contribution in [0.15, 0.2) is 16.3 Å². The van der Waals surface area contributed by atoms with Crippen LogP contribution in [0.3, 0.4) is 0 Å². The van der Waals surface area contributed by atoms with Gasteiger partial charge in [-0.2, -0.15) is 0 Å². The molecule has 1 saturated heterocycles. The highest BCUT2D eigenvalue weighted by molar-refractivity contribution is 7.91. The fourth-order valence-corrected chi connectivity index (χ4v) is 3.87. The van der Waals surface area contributed by atoms with E-state index in [-0.39, 0.29) is 10.2 Å². The van der Waals surface area contributed by atoms with Crippen LogP contribution < -0.4 is 10.0 Å². The van der Waals surface area contributed by atoms with Gasteiger partial charge in [0.1, 0.15) is 4.21 Å². The van der Waals surface area contributed by atoms with Crippen LogP contribution in [0.25, 0.3) is 0 Å². The highest BCUT2D eigenvalue weighted by Crippen LogP contribution is 2.21. The van der Waals surface area contributed by atoms with Gasteiger partial charge in [-0.3, -0.25) is 0 Å². The Morgan fingerprint density at radius 3 is 2.75 bits per heavy atom. The smallest absolute Gasteiger partial charge is 0.317 e. The molecule has 2 N–H and O–H groups in total. The van der Waals surface area contributed by atoms with E-state index in [1.165, 1.54) is 13.1 Å². The highest BCUT2D eigenvalue weighted by Gasteiger charge is 2.17. The topological polar surface area (TPSA) is 87.7 Å². The number of hydrogen-bond donors (Lipinski definition) is 2. The molecule has 0 radical (unpaired) electrons. The Kier molecular flexibility index (Phi) is 4.97. The molecule has 0 aromatic carbocycles. The number of hydrogen-bond acceptors (Lipinski definition) is 5. The summed E-state index contributed by atoms with van der Waals surface area (Å²) in [5, 5.41) is 2.78. The zero-order chi connectivity index (χ0) is 14.6. The molecule has 7 nitrogen and oxygen atoms in total. The molecule has 2 amide bonds. The van der Waals surface area contributed by atoms with Gasteiger partial charge < -0.3 is 15.0 Å². The van der Waals surface area contributed by atoms with Crippen LogP contribution in [0.4, 0.5) is 4.79 Å². The molecule has 0 saturated carbocycles. The number of amides is 2. The minimum Gasteiger partial charge on any atom is -0.378 e. The maximum atomic E-state index is 11.9. The minimum absolute atomic E-state index is 0.153. The van der Waals surface area contributed by atoms with E-state index in [1.54, 1.807) is 11.0 Å². The average molecular weight is 319 g/mol. The normalized spacial score (nSPS) is 16.1. The number of nitrogens with one attached hydrogen (secondary N) is 2. The fourth-order valence-electron chi connectivity index (χ4n) is 1.74. The van der Waals surface area contributed by atoms with E-state index in [0.29, 0.717) is 32.8 Å². The predicted octanol–water partition coefficient (Wildman–Crippen LogP) is 0.198. The molecule has 1 aliphatic heterocycles. The summed E-state index contributed by atoms with van der Waals surface area (Å²) in [5.74, 6) is 0. The predicted molar refractivity (Wildman–Crippen MR) is 75.2 cm³/mol. The van der Waals surface area contributed by atoms with Crippen molar-refractivity contribution in [2.75, 3.05) is 33.4 Å². The van der Waals surface area contributed by atoms with Crippen molar-refractivity contribution >= 4 is 27.4 Å². The molecule has 0 unspecified atom stereocenters. The molecule has 2 rings (SSSR count). The number of morpholine rings is 1. The van der Waals surface area contributed by atoms with Crippen molar-refractivity contribution in [2.45, 2.75) is 10.8 Å². The summed E-state index contributed by atoms with van der Waals surface area (Å²) < 4.78 is 30.9. The number of sulfonamides is 1. The maximum Gasteiger partial charge on any atom is 0.317 e. The molecule has 0 atom stereocenters. The molecule has 0 spiro atoms. The summed E-state index contributed by atoms with van der Waals surface area (Å²) in [6, 6.07) is 3.08. The lowest BCUT2D eigenvalue weighted by Gasteiger charge is -2.26. The van der Waals surface area contributed by atoms with Crippen LogP contribution in [0.5, 0.6) is 0 Å². The Bertz CT molecular complexity index is 564. The maximum absolute atomic E-state index is 11.9. The van der Waals surface area contributed by atoms with Crippen molar-refractivity contribution in [1.29, 1.82) is 0 Å². The molecule has 2 heterocycles. The number of carbonyl (C=O) groups is 1. The molecule has 1 fully saturated rings. The number of urea groups is 1. The summed E-state index contributed by atoms with van der Waals surface area (Å²) in [4.78, 5) is 14.3. The third-order valence-electron chi connectivity index (χ3n) is 2.88. The molecule has 20 heavy (non-hydrogen) atoms. The number of rotatable bonds is 4. The molecular weight excluding hydrogens is 302 g/mol. The van der Waals surface area contributed by atoms with Gasteiger partial charge in [0, 0.05) is 18.0 Å². The number of nitrogens with zero attached hydrogens (tertiary/aromatic N) is 1. The second kappa shape index (κ2) is 6.53. The van der Waals surface area contributed by atoms with Crippen molar-refractivity contribution in [1.82, 2.24) is 14.9 Å². The van der Waals surface area contributed by atoms with Crippen molar-refractivity contribution in [3.05, 3.63) is 17.0 Å². The van der Waals surface area contributed by atoms with Gasteiger partial charge in [-0.05, 0) is 19.2 Å². The molecule has 0 bridgehead atoms. The second-order valence-corrected chi connectivity index (χ2v) is 7.47. The largest absolute Gasteiger partial charge is 0.378 e. The zero-order valence-electron chi connectivity index (χ0n) is 11.1. The Morgan fingerprint density at radius 1 is 1.40 bits per heavy atom. The zero-order valence-corrected chi connectivity index (χ0v) is 12.7. The van der Waals surface area contributed by atoms with E-state index < -0.39 is 10.0 Å². The van der Waals surface area contributed by atoms with Gasteiger partial charge in [0.25, 0.3) is 0 Å². The molecule has 1 aliphatic rings. The summed E-state index contributed by atoms with van der Waals surface area (Å²) in [5.41, 5.74) is 0. The minimum atomic E-state index is -3.41. The molecule has 112 valence electrons. The van der Waals surface area contributed by atoms with Crippen LogP contribution in [-0.4, -0.2) is 52.7 Å². The first-order valence-electron chi connectivity index (χ1n) is 6.16. The van der Waals surface area contributed by atoms with E-state index in [2.05, 4.69) is 10.0 Å². The third-order valence-corrected chi connectivity index (χ3v) is 5.87. The van der Waals surface area contributed by atoms with Crippen LogP contribution in [0.2, 0.25) is 0 Å². The van der Waals surface area contributed by atoms with Gasteiger partial charge in [0.15, 0.2) is 0 Å². The lowest BCUT2D eigenvalue weighted by molar-refractivity contribution is 0.0531. The number of ether oxygens (including phenoxy) is 1. The first-order chi connectivity index (χ1) is 9.53. The van der Waals surface area contributed by atoms with Gasteiger partial charge in [0.2, 0.25) is 10.0 Å². The van der Waals surface area contributed by atoms with Crippen molar-refractivity contribution in [3.63, 3.8) is 0 Å². The first-order valence-corrected chi connectivity index (χ1v) is 8.45. The monoisotopic (exact) mass is 319 g/mol. The third kappa shape index (κ3) is 3.69. The average Bonchev–Trinajstić information content (AvgIpc) is 2.95. The number of carbonyl (C=O) groups excluding carboxylic acids is 1. The van der Waals surface area contributed by atoms with E-state index in [4.69, 9.17) is 4.74 Å². The number of thiophene rings is 1. The Labute approximate surface area is 122 Å². The molecular formula is C11H17N3O4S2.